The Bertz CT molecular complexity index is 305. The first-order valence-electron chi connectivity index (χ1n) is 6.00. The minimum atomic E-state index is -0.765. The molecule has 0 bridgehead atoms. The lowest BCUT2D eigenvalue weighted by atomic mass is 10.1. The van der Waals surface area contributed by atoms with Crippen LogP contribution in [-0.4, -0.2) is 64.6 Å². The topological polar surface area (TPSA) is 60.9 Å². The number of carboxylic acids is 1. The van der Waals surface area contributed by atoms with Gasteiger partial charge in [0.15, 0.2) is 0 Å². The number of carbonyl (C=O) groups excluding carboxylic acids is 1. The molecule has 1 unspecified atom stereocenters. The summed E-state index contributed by atoms with van der Waals surface area (Å²) in [6.07, 6.45) is 1.00. The minimum absolute atomic E-state index is 0.0955. The number of aliphatic carboxylic acids is 1. The summed E-state index contributed by atoms with van der Waals surface area (Å²) >= 11 is 1.88. The highest BCUT2D eigenvalue weighted by molar-refractivity contribution is 7.99. The van der Waals surface area contributed by atoms with E-state index in [4.69, 9.17) is 5.11 Å². The molecule has 2 saturated heterocycles. The Balaban J connectivity index is 1.82. The smallest absolute Gasteiger partial charge is 0.320 e. The molecule has 2 fully saturated rings. The third-order valence-electron chi connectivity index (χ3n) is 3.30. The van der Waals surface area contributed by atoms with E-state index in [1.165, 1.54) is 0 Å². The highest BCUT2D eigenvalue weighted by atomic mass is 32.2. The van der Waals surface area contributed by atoms with Gasteiger partial charge in [-0.2, -0.15) is 11.8 Å². The van der Waals surface area contributed by atoms with E-state index in [1.807, 2.05) is 21.6 Å². The van der Waals surface area contributed by atoms with Gasteiger partial charge in [0, 0.05) is 44.1 Å². The molecule has 2 amide bonds. The SMILES string of the molecule is O=C(O)CC1CCN(C(=O)N2CCSCC2)C1. The maximum atomic E-state index is 12.1. The molecule has 17 heavy (non-hydrogen) atoms. The fourth-order valence-corrected chi connectivity index (χ4v) is 3.28. The lowest BCUT2D eigenvalue weighted by molar-refractivity contribution is -0.138. The number of carbonyl (C=O) groups is 2. The maximum Gasteiger partial charge on any atom is 0.320 e. The van der Waals surface area contributed by atoms with Crippen LogP contribution in [0.1, 0.15) is 12.8 Å². The molecule has 2 heterocycles. The summed E-state index contributed by atoms with van der Waals surface area (Å²) in [5, 5.41) is 8.73. The Labute approximate surface area is 105 Å². The summed E-state index contributed by atoms with van der Waals surface area (Å²) in [5.74, 6) is 1.39. The van der Waals surface area contributed by atoms with Crippen LogP contribution in [0.4, 0.5) is 4.79 Å². The molecule has 2 aliphatic rings. The first kappa shape index (κ1) is 12.5. The largest absolute Gasteiger partial charge is 0.481 e. The third-order valence-corrected chi connectivity index (χ3v) is 4.24. The highest BCUT2D eigenvalue weighted by Gasteiger charge is 2.30. The average molecular weight is 258 g/mol. The van der Waals surface area contributed by atoms with Gasteiger partial charge in [-0.3, -0.25) is 4.79 Å². The van der Waals surface area contributed by atoms with Crippen LogP contribution in [0.25, 0.3) is 0 Å². The number of thioether (sulfide) groups is 1. The first-order chi connectivity index (χ1) is 8.16. The van der Waals surface area contributed by atoms with Crippen LogP contribution < -0.4 is 0 Å². The normalized spacial score (nSPS) is 25.1. The molecule has 0 aromatic carbocycles. The van der Waals surface area contributed by atoms with Gasteiger partial charge in [0.1, 0.15) is 0 Å². The van der Waals surface area contributed by atoms with Gasteiger partial charge in [0.05, 0.1) is 0 Å². The van der Waals surface area contributed by atoms with Crippen LogP contribution in [-0.2, 0) is 4.79 Å². The van der Waals surface area contributed by atoms with Crippen molar-refractivity contribution in [2.45, 2.75) is 12.8 Å². The summed E-state index contributed by atoms with van der Waals surface area (Å²) in [5.41, 5.74) is 0. The summed E-state index contributed by atoms with van der Waals surface area (Å²) < 4.78 is 0. The van der Waals surface area contributed by atoms with Crippen molar-refractivity contribution in [2.75, 3.05) is 37.7 Å². The summed E-state index contributed by atoms with van der Waals surface area (Å²) in [4.78, 5) is 26.4. The molecule has 0 aromatic rings. The number of likely N-dealkylation sites (tertiary alicyclic amines) is 1. The number of nitrogens with zero attached hydrogens (tertiary/aromatic N) is 2. The number of rotatable bonds is 2. The van der Waals surface area contributed by atoms with Gasteiger partial charge in [-0.15, -0.1) is 0 Å². The van der Waals surface area contributed by atoms with Gasteiger partial charge < -0.3 is 14.9 Å². The van der Waals surface area contributed by atoms with Gasteiger partial charge in [-0.1, -0.05) is 0 Å². The van der Waals surface area contributed by atoms with Crippen molar-refractivity contribution >= 4 is 23.8 Å². The van der Waals surface area contributed by atoms with Crippen molar-refractivity contribution < 1.29 is 14.7 Å². The molecule has 6 heteroatoms. The molecule has 96 valence electrons. The molecule has 0 radical (unpaired) electrons. The molecule has 1 N–H and O–H groups in total. The maximum absolute atomic E-state index is 12.1. The Morgan fingerprint density at radius 2 is 1.88 bits per heavy atom. The zero-order valence-corrected chi connectivity index (χ0v) is 10.6. The number of hydrogen-bond donors (Lipinski definition) is 1. The Hall–Kier alpha value is -0.910. The van der Waals surface area contributed by atoms with E-state index in [-0.39, 0.29) is 18.4 Å². The molecular formula is C11H18N2O3S. The van der Waals surface area contributed by atoms with Crippen molar-refractivity contribution in [2.24, 2.45) is 5.92 Å². The highest BCUT2D eigenvalue weighted by Crippen LogP contribution is 2.21. The van der Waals surface area contributed by atoms with E-state index < -0.39 is 5.97 Å². The lowest BCUT2D eigenvalue weighted by Crippen LogP contribution is -2.45. The zero-order chi connectivity index (χ0) is 12.3. The molecule has 5 nitrogen and oxygen atoms in total. The summed E-state index contributed by atoms with van der Waals surface area (Å²) in [7, 11) is 0. The van der Waals surface area contributed by atoms with Crippen LogP contribution in [0.3, 0.4) is 0 Å². The van der Waals surface area contributed by atoms with Crippen molar-refractivity contribution in [3.63, 3.8) is 0 Å². The Kier molecular flexibility index (Phi) is 4.15. The number of carboxylic acid groups (broad SMARTS) is 1. The quantitative estimate of drug-likeness (QED) is 0.801. The van der Waals surface area contributed by atoms with Gasteiger partial charge >= 0.3 is 12.0 Å². The fourth-order valence-electron chi connectivity index (χ4n) is 2.37. The fraction of sp³-hybridized carbons (Fsp3) is 0.818. The standard InChI is InChI=1S/C11H18N2O3S/c14-10(15)7-9-1-2-13(8-9)11(16)12-3-5-17-6-4-12/h9H,1-8H2,(H,14,15). The van der Waals surface area contributed by atoms with E-state index in [9.17, 15) is 9.59 Å². The molecular weight excluding hydrogens is 240 g/mol. The van der Waals surface area contributed by atoms with E-state index >= 15 is 0 Å². The van der Waals surface area contributed by atoms with Gasteiger partial charge in [-0.05, 0) is 12.3 Å². The van der Waals surface area contributed by atoms with E-state index in [0.29, 0.717) is 13.1 Å². The van der Waals surface area contributed by atoms with Crippen LogP contribution in [0, 0.1) is 5.92 Å². The van der Waals surface area contributed by atoms with Crippen molar-refractivity contribution in [3.05, 3.63) is 0 Å². The predicted molar refractivity (Wildman–Crippen MR) is 66.2 cm³/mol. The summed E-state index contributed by atoms with van der Waals surface area (Å²) in [6, 6.07) is 0.0955. The van der Waals surface area contributed by atoms with Gasteiger partial charge in [-0.25, -0.2) is 4.79 Å². The Morgan fingerprint density at radius 1 is 1.18 bits per heavy atom. The van der Waals surface area contributed by atoms with E-state index in [1.54, 1.807) is 0 Å². The molecule has 0 spiro atoms. The average Bonchev–Trinajstić information content (AvgIpc) is 2.77. The number of urea groups is 1. The zero-order valence-electron chi connectivity index (χ0n) is 9.80. The second-order valence-electron chi connectivity index (χ2n) is 4.58. The second-order valence-corrected chi connectivity index (χ2v) is 5.81. The van der Waals surface area contributed by atoms with Crippen LogP contribution in [0.2, 0.25) is 0 Å². The van der Waals surface area contributed by atoms with E-state index in [0.717, 1.165) is 31.0 Å². The molecule has 0 saturated carbocycles. The molecule has 2 rings (SSSR count). The second kappa shape index (κ2) is 5.62. The van der Waals surface area contributed by atoms with Gasteiger partial charge in [0.25, 0.3) is 0 Å². The van der Waals surface area contributed by atoms with Crippen LogP contribution in [0.5, 0.6) is 0 Å². The molecule has 1 atom stereocenters. The van der Waals surface area contributed by atoms with Crippen molar-refractivity contribution in [1.82, 2.24) is 9.80 Å². The Morgan fingerprint density at radius 3 is 2.53 bits per heavy atom. The van der Waals surface area contributed by atoms with E-state index in [2.05, 4.69) is 0 Å². The van der Waals surface area contributed by atoms with Crippen molar-refractivity contribution in [3.8, 4) is 0 Å². The summed E-state index contributed by atoms with van der Waals surface area (Å²) in [6.45, 7) is 2.96. The molecule has 2 aliphatic heterocycles. The predicted octanol–water partition coefficient (Wildman–Crippen LogP) is 0.952. The lowest BCUT2D eigenvalue weighted by Gasteiger charge is -2.30. The number of amides is 2. The minimum Gasteiger partial charge on any atom is -0.481 e. The molecule has 0 aliphatic carbocycles. The first-order valence-corrected chi connectivity index (χ1v) is 7.15. The van der Waals surface area contributed by atoms with Crippen LogP contribution >= 0.6 is 11.8 Å². The number of hydrogen-bond acceptors (Lipinski definition) is 3. The third kappa shape index (κ3) is 3.28. The van der Waals surface area contributed by atoms with Crippen LogP contribution in [0.15, 0.2) is 0 Å². The van der Waals surface area contributed by atoms with Crippen molar-refractivity contribution in [1.29, 1.82) is 0 Å². The monoisotopic (exact) mass is 258 g/mol. The molecule has 0 aromatic heterocycles. The van der Waals surface area contributed by atoms with Gasteiger partial charge in [0.2, 0.25) is 0 Å².